The van der Waals surface area contributed by atoms with Crippen molar-refractivity contribution < 1.29 is 14.2 Å². The van der Waals surface area contributed by atoms with Crippen molar-refractivity contribution in [3.05, 3.63) is 29.8 Å². The van der Waals surface area contributed by atoms with E-state index in [-0.39, 0.29) is 12.2 Å². The van der Waals surface area contributed by atoms with Crippen molar-refractivity contribution in [1.29, 1.82) is 0 Å². The number of unbranched alkanes of at least 4 members (excludes halogenated alkanes) is 3. The number of benzene rings is 1. The lowest BCUT2D eigenvalue weighted by Gasteiger charge is -2.30. The van der Waals surface area contributed by atoms with E-state index in [0.29, 0.717) is 19.8 Å². The molecule has 2 atom stereocenters. The second-order valence-corrected chi connectivity index (χ2v) is 5.63. The van der Waals surface area contributed by atoms with Crippen LogP contribution in [0, 0.1) is 0 Å². The summed E-state index contributed by atoms with van der Waals surface area (Å²) >= 11 is 0. The van der Waals surface area contributed by atoms with Crippen molar-refractivity contribution in [3.63, 3.8) is 0 Å². The van der Waals surface area contributed by atoms with Crippen LogP contribution >= 0.6 is 0 Å². The topological polar surface area (TPSA) is 27.7 Å². The Kier molecular flexibility index (Phi) is 7.04. The maximum atomic E-state index is 5.97. The van der Waals surface area contributed by atoms with Gasteiger partial charge in [0.1, 0.15) is 11.9 Å². The highest BCUT2D eigenvalue weighted by Crippen LogP contribution is 2.26. The first-order valence-electron chi connectivity index (χ1n) is 8.29. The third-order valence-electron chi connectivity index (χ3n) is 3.91. The summed E-state index contributed by atoms with van der Waals surface area (Å²) in [6.45, 7) is 6.30. The number of hydrogen-bond donors (Lipinski definition) is 0. The van der Waals surface area contributed by atoms with Gasteiger partial charge in [-0.15, -0.1) is 0 Å². The molecule has 0 saturated carbocycles. The van der Waals surface area contributed by atoms with E-state index in [1.165, 1.54) is 31.2 Å². The van der Waals surface area contributed by atoms with E-state index < -0.39 is 0 Å². The van der Waals surface area contributed by atoms with E-state index in [1.54, 1.807) is 0 Å². The molecule has 0 radical (unpaired) electrons. The summed E-state index contributed by atoms with van der Waals surface area (Å²) in [6, 6.07) is 8.14. The molecule has 21 heavy (non-hydrogen) atoms. The lowest BCUT2D eigenvalue weighted by atomic mass is 10.1. The molecule has 0 unspecified atom stereocenters. The van der Waals surface area contributed by atoms with Gasteiger partial charge in [0.15, 0.2) is 0 Å². The Labute approximate surface area is 128 Å². The van der Waals surface area contributed by atoms with Crippen LogP contribution in [-0.2, 0) is 9.47 Å². The van der Waals surface area contributed by atoms with Crippen LogP contribution in [0.3, 0.4) is 0 Å². The third-order valence-corrected chi connectivity index (χ3v) is 3.91. The van der Waals surface area contributed by atoms with E-state index in [1.807, 2.05) is 19.1 Å². The van der Waals surface area contributed by atoms with Gasteiger partial charge in [-0.05, 0) is 31.0 Å². The molecule has 0 bridgehead atoms. The molecule has 1 aliphatic heterocycles. The van der Waals surface area contributed by atoms with Crippen molar-refractivity contribution in [3.8, 4) is 5.75 Å². The quantitative estimate of drug-likeness (QED) is 0.660. The zero-order valence-electron chi connectivity index (χ0n) is 13.3. The fourth-order valence-corrected chi connectivity index (χ4v) is 2.65. The highest BCUT2D eigenvalue weighted by Gasteiger charge is 2.23. The molecule has 3 nitrogen and oxygen atoms in total. The fraction of sp³-hybridized carbons (Fsp3) is 0.667. The summed E-state index contributed by atoms with van der Waals surface area (Å²) < 4.78 is 17.4. The number of ether oxygens (including phenoxy) is 3. The lowest BCUT2D eigenvalue weighted by Crippen LogP contribution is -2.31. The molecule has 1 fully saturated rings. The minimum absolute atomic E-state index is 0.0626. The Hall–Kier alpha value is -1.06. The molecule has 2 rings (SSSR count). The molecule has 1 heterocycles. The zero-order chi connectivity index (χ0) is 14.9. The highest BCUT2D eigenvalue weighted by atomic mass is 16.6. The summed E-state index contributed by atoms with van der Waals surface area (Å²) in [5, 5.41) is 0. The smallest absolute Gasteiger partial charge is 0.119 e. The Morgan fingerprint density at radius 3 is 2.43 bits per heavy atom. The van der Waals surface area contributed by atoms with Crippen molar-refractivity contribution in [1.82, 2.24) is 0 Å². The monoisotopic (exact) mass is 292 g/mol. The summed E-state index contributed by atoms with van der Waals surface area (Å²) in [5.41, 5.74) is 1.17. The van der Waals surface area contributed by atoms with E-state index in [4.69, 9.17) is 14.2 Å². The Morgan fingerprint density at radius 2 is 1.81 bits per heavy atom. The average molecular weight is 292 g/mol. The summed E-state index contributed by atoms with van der Waals surface area (Å²) in [6.07, 6.45) is 6.61. The molecule has 1 aromatic rings. The summed E-state index contributed by atoms with van der Waals surface area (Å²) in [5.74, 6) is 0.909. The molecule has 1 aromatic carbocycles. The minimum atomic E-state index is 0.0626. The van der Waals surface area contributed by atoms with Crippen LogP contribution in [0.4, 0.5) is 0 Å². The van der Waals surface area contributed by atoms with Gasteiger partial charge in [0.25, 0.3) is 0 Å². The maximum absolute atomic E-state index is 5.97. The number of rotatable bonds is 8. The van der Waals surface area contributed by atoms with Crippen LogP contribution in [0.15, 0.2) is 24.3 Å². The van der Waals surface area contributed by atoms with E-state index >= 15 is 0 Å². The summed E-state index contributed by atoms with van der Waals surface area (Å²) in [7, 11) is 0. The van der Waals surface area contributed by atoms with Gasteiger partial charge in [0, 0.05) is 0 Å². The molecule has 0 spiro atoms. The Balaban J connectivity index is 1.73. The first-order valence-corrected chi connectivity index (χ1v) is 8.29. The van der Waals surface area contributed by atoms with Crippen molar-refractivity contribution in [2.45, 2.75) is 58.2 Å². The van der Waals surface area contributed by atoms with Gasteiger partial charge in [-0.25, -0.2) is 0 Å². The first kappa shape index (κ1) is 16.3. The molecule has 0 aromatic heterocycles. The van der Waals surface area contributed by atoms with Gasteiger partial charge >= 0.3 is 0 Å². The third kappa shape index (κ3) is 5.33. The molecule has 1 saturated heterocycles. The first-order chi connectivity index (χ1) is 10.3. The van der Waals surface area contributed by atoms with Crippen molar-refractivity contribution in [2.75, 3.05) is 19.8 Å². The molecule has 1 aliphatic rings. The summed E-state index contributed by atoms with van der Waals surface area (Å²) in [4.78, 5) is 0. The molecular formula is C18H28O3. The highest BCUT2D eigenvalue weighted by molar-refractivity contribution is 5.28. The Morgan fingerprint density at radius 1 is 1.00 bits per heavy atom. The van der Waals surface area contributed by atoms with E-state index in [9.17, 15) is 0 Å². The van der Waals surface area contributed by atoms with Crippen LogP contribution in [0.1, 0.15) is 57.6 Å². The van der Waals surface area contributed by atoms with Gasteiger partial charge in [0.05, 0.1) is 25.9 Å². The minimum Gasteiger partial charge on any atom is -0.494 e. The molecule has 0 N–H and O–H groups in total. The normalized spacial score (nSPS) is 22.2. The van der Waals surface area contributed by atoms with Crippen LogP contribution in [-0.4, -0.2) is 25.9 Å². The van der Waals surface area contributed by atoms with Crippen LogP contribution in [0.25, 0.3) is 0 Å². The van der Waals surface area contributed by atoms with Crippen LogP contribution < -0.4 is 4.74 Å². The fourth-order valence-electron chi connectivity index (χ4n) is 2.65. The molecule has 0 aliphatic carbocycles. The molecule has 0 amide bonds. The van der Waals surface area contributed by atoms with Crippen LogP contribution in [0.5, 0.6) is 5.75 Å². The predicted molar refractivity (Wildman–Crippen MR) is 84.8 cm³/mol. The van der Waals surface area contributed by atoms with Gasteiger partial charge < -0.3 is 14.2 Å². The van der Waals surface area contributed by atoms with Crippen molar-refractivity contribution in [2.24, 2.45) is 0 Å². The van der Waals surface area contributed by atoms with Gasteiger partial charge in [-0.3, -0.25) is 0 Å². The average Bonchev–Trinajstić information content (AvgIpc) is 2.53. The largest absolute Gasteiger partial charge is 0.494 e. The second kappa shape index (κ2) is 9.06. The van der Waals surface area contributed by atoms with Gasteiger partial charge in [-0.2, -0.15) is 0 Å². The van der Waals surface area contributed by atoms with E-state index in [2.05, 4.69) is 19.1 Å². The van der Waals surface area contributed by atoms with Crippen molar-refractivity contribution >= 4 is 0 Å². The predicted octanol–water partition coefficient (Wildman–Crippen LogP) is 4.51. The standard InChI is InChI=1S/C18H28O3/c1-3-5-6-7-8-17-13-21-18(14-20-17)15-9-11-16(12-10-15)19-4-2/h9-12,17-18H,3-8,13-14H2,1-2H3/t17-,18-/m0/s1. The second-order valence-electron chi connectivity index (χ2n) is 5.63. The lowest BCUT2D eigenvalue weighted by molar-refractivity contribution is -0.137. The molecular weight excluding hydrogens is 264 g/mol. The zero-order valence-corrected chi connectivity index (χ0v) is 13.3. The molecule has 3 heteroatoms. The number of hydrogen-bond acceptors (Lipinski definition) is 3. The SMILES string of the molecule is CCCCCC[C@H]1CO[C@H](c2ccc(OCC)cc2)CO1. The Bertz CT molecular complexity index is 380. The van der Waals surface area contributed by atoms with E-state index in [0.717, 1.165) is 12.2 Å². The van der Waals surface area contributed by atoms with Gasteiger partial charge in [-0.1, -0.05) is 44.7 Å². The maximum Gasteiger partial charge on any atom is 0.119 e. The molecule has 118 valence electrons. The van der Waals surface area contributed by atoms with Crippen LogP contribution in [0.2, 0.25) is 0 Å². The van der Waals surface area contributed by atoms with Gasteiger partial charge in [0.2, 0.25) is 0 Å².